The molecule has 0 saturated carbocycles. The molecule has 0 fully saturated rings. The second-order valence-corrected chi connectivity index (χ2v) is 7.38. The lowest BCUT2D eigenvalue weighted by molar-refractivity contribution is -0.0523. The Labute approximate surface area is 126 Å². The number of alkyl halides is 3. The average molecular weight is 345 g/mol. The Kier molecular flexibility index (Phi) is 5.37. The molecule has 1 aliphatic carbocycles. The van der Waals surface area contributed by atoms with E-state index in [1.165, 1.54) is 6.08 Å². The molecule has 1 aliphatic rings. The fourth-order valence-electron chi connectivity index (χ4n) is 1.70. The van der Waals surface area contributed by atoms with Crippen LogP contribution in [-0.2, 0) is 19.0 Å². The summed E-state index contributed by atoms with van der Waals surface area (Å²) in [7, 11) is -5.64. The fourth-order valence-corrected chi connectivity index (χ4v) is 2.22. The molecule has 0 aromatic rings. The zero-order valence-corrected chi connectivity index (χ0v) is 13.2. The number of carbonyl (C=O) groups is 1. The summed E-state index contributed by atoms with van der Waals surface area (Å²) < 4.78 is 67.3. The number of ether oxygens (including phenoxy) is 1. The predicted molar refractivity (Wildman–Crippen MR) is 71.1 cm³/mol. The van der Waals surface area contributed by atoms with Crippen molar-refractivity contribution in [2.45, 2.75) is 44.7 Å². The van der Waals surface area contributed by atoms with Gasteiger partial charge in [0.25, 0.3) is 0 Å². The molecule has 1 atom stereocenters. The zero-order chi connectivity index (χ0) is 17.2. The Morgan fingerprint density at radius 3 is 2.45 bits per heavy atom. The molecule has 0 aromatic carbocycles. The maximum Gasteiger partial charge on any atom is 0.534 e. The van der Waals surface area contributed by atoms with Crippen LogP contribution >= 0.6 is 0 Å². The maximum absolute atomic E-state index is 12.2. The summed E-state index contributed by atoms with van der Waals surface area (Å²) in [5, 5.41) is 2.47. The summed E-state index contributed by atoms with van der Waals surface area (Å²) in [6.45, 7) is 5.22. The Balaban J connectivity index is 2.42. The number of halogens is 3. The minimum Gasteiger partial charge on any atom is -0.444 e. The normalized spacial score (nSPS) is 19.5. The number of rotatable bonds is 4. The highest BCUT2D eigenvalue weighted by molar-refractivity contribution is 7.87. The molecule has 6 nitrogen and oxygen atoms in total. The lowest BCUT2D eigenvalue weighted by Crippen LogP contribution is -2.35. The van der Waals surface area contributed by atoms with Crippen molar-refractivity contribution in [3.63, 3.8) is 0 Å². The number of nitrogens with one attached hydrogen (secondary N) is 1. The van der Waals surface area contributed by atoms with E-state index < -0.39 is 27.3 Å². The van der Waals surface area contributed by atoms with Gasteiger partial charge in [-0.1, -0.05) is 0 Å². The third-order valence-electron chi connectivity index (χ3n) is 2.60. The van der Waals surface area contributed by atoms with Gasteiger partial charge < -0.3 is 14.2 Å². The van der Waals surface area contributed by atoms with Crippen molar-refractivity contribution in [1.82, 2.24) is 5.32 Å². The standard InChI is InChI=1S/C12H18F3NO5S/c1-11(2,3)20-10(17)16-7-8-4-5-9(6-8)21-22(18,19)12(13,14)15/h5,8H,4,6-7H2,1-3H3,(H,16,17). The van der Waals surface area contributed by atoms with Gasteiger partial charge in [0.05, 0.1) is 0 Å². The van der Waals surface area contributed by atoms with Crippen LogP contribution in [0.15, 0.2) is 11.8 Å². The smallest absolute Gasteiger partial charge is 0.444 e. The number of allylic oxidation sites excluding steroid dienone is 2. The lowest BCUT2D eigenvalue weighted by Gasteiger charge is -2.20. The Morgan fingerprint density at radius 1 is 1.36 bits per heavy atom. The molecule has 1 unspecified atom stereocenters. The molecule has 128 valence electrons. The van der Waals surface area contributed by atoms with E-state index >= 15 is 0 Å². The summed E-state index contributed by atoms with van der Waals surface area (Å²) in [5.74, 6) is -0.515. The van der Waals surface area contributed by atoms with E-state index in [0.29, 0.717) is 6.42 Å². The van der Waals surface area contributed by atoms with Gasteiger partial charge in [-0.3, -0.25) is 0 Å². The van der Waals surface area contributed by atoms with Gasteiger partial charge in [-0.05, 0) is 39.2 Å². The van der Waals surface area contributed by atoms with Gasteiger partial charge in [0.1, 0.15) is 11.4 Å². The van der Waals surface area contributed by atoms with Gasteiger partial charge in [0.2, 0.25) is 0 Å². The summed E-state index contributed by atoms with van der Waals surface area (Å²) in [5.41, 5.74) is -6.12. The van der Waals surface area contributed by atoms with Gasteiger partial charge in [0, 0.05) is 13.0 Å². The van der Waals surface area contributed by atoms with Crippen LogP contribution in [0.1, 0.15) is 33.6 Å². The first-order valence-corrected chi connectivity index (χ1v) is 7.87. The summed E-state index contributed by atoms with van der Waals surface area (Å²) in [4.78, 5) is 11.4. The van der Waals surface area contributed by atoms with E-state index in [1.54, 1.807) is 20.8 Å². The molecule has 0 radical (unpaired) electrons. The van der Waals surface area contributed by atoms with Crippen LogP contribution in [0.25, 0.3) is 0 Å². The molecule has 0 aromatic heterocycles. The van der Waals surface area contributed by atoms with Crippen LogP contribution in [0.5, 0.6) is 0 Å². The molecule has 0 spiro atoms. The highest BCUT2D eigenvalue weighted by Crippen LogP contribution is 2.32. The van der Waals surface area contributed by atoms with Gasteiger partial charge in [0.15, 0.2) is 0 Å². The molecular formula is C12H18F3NO5S. The van der Waals surface area contributed by atoms with E-state index in [4.69, 9.17) is 4.74 Å². The molecule has 1 amide bonds. The molecular weight excluding hydrogens is 327 g/mol. The minimum atomic E-state index is -5.64. The molecule has 0 aliphatic heterocycles. The molecule has 0 saturated heterocycles. The van der Waals surface area contributed by atoms with Crippen molar-refractivity contribution in [3.8, 4) is 0 Å². The Hall–Kier alpha value is -1.45. The topological polar surface area (TPSA) is 81.7 Å². The molecule has 1 rings (SSSR count). The molecule has 22 heavy (non-hydrogen) atoms. The number of hydrogen-bond donors (Lipinski definition) is 1. The van der Waals surface area contributed by atoms with E-state index in [1.807, 2.05) is 0 Å². The third kappa shape index (κ3) is 5.74. The van der Waals surface area contributed by atoms with Crippen LogP contribution < -0.4 is 5.32 Å². The van der Waals surface area contributed by atoms with Crippen molar-refractivity contribution in [1.29, 1.82) is 0 Å². The number of hydrogen-bond acceptors (Lipinski definition) is 5. The van der Waals surface area contributed by atoms with E-state index in [-0.39, 0.29) is 24.6 Å². The molecule has 0 heterocycles. The maximum atomic E-state index is 12.2. The van der Waals surface area contributed by atoms with E-state index in [2.05, 4.69) is 9.50 Å². The first kappa shape index (κ1) is 18.6. The SMILES string of the molecule is CC(C)(C)OC(=O)NCC1CC=C(OS(=O)(=O)C(F)(F)F)C1. The van der Waals surface area contributed by atoms with Crippen molar-refractivity contribution in [2.75, 3.05) is 6.54 Å². The number of carbonyl (C=O) groups excluding carboxylic acids is 1. The van der Waals surface area contributed by atoms with Crippen LogP contribution in [0.3, 0.4) is 0 Å². The summed E-state index contributed by atoms with van der Waals surface area (Å²) >= 11 is 0. The zero-order valence-electron chi connectivity index (χ0n) is 12.4. The van der Waals surface area contributed by atoms with Crippen LogP contribution in [0.4, 0.5) is 18.0 Å². The van der Waals surface area contributed by atoms with Crippen molar-refractivity contribution >= 4 is 16.2 Å². The van der Waals surface area contributed by atoms with E-state index in [9.17, 15) is 26.4 Å². The largest absolute Gasteiger partial charge is 0.534 e. The lowest BCUT2D eigenvalue weighted by atomic mass is 10.1. The van der Waals surface area contributed by atoms with Gasteiger partial charge >= 0.3 is 21.7 Å². The molecule has 10 heteroatoms. The molecule has 1 N–H and O–H groups in total. The Bertz CT molecular complexity index is 548. The monoisotopic (exact) mass is 345 g/mol. The van der Waals surface area contributed by atoms with Gasteiger partial charge in [-0.25, -0.2) is 4.79 Å². The fraction of sp³-hybridized carbons (Fsp3) is 0.750. The number of alkyl carbamates (subject to hydrolysis) is 1. The van der Waals surface area contributed by atoms with Gasteiger partial charge in [-0.15, -0.1) is 0 Å². The second-order valence-electron chi connectivity index (χ2n) is 5.84. The summed E-state index contributed by atoms with van der Waals surface area (Å²) in [6, 6.07) is 0. The third-order valence-corrected chi connectivity index (χ3v) is 3.60. The van der Waals surface area contributed by atoms with Crippen LogP contribution in [-0.4, -0.2) is 32.2 Å². The second kappa shape index (κ2) is 6.35. The highest BCUT2D eigenvalue weighted by atomic mass is 32.2. The first-order chi connectivity index (χ1) is 9.80. The van der Waals surface area contributed by atoms with Crippen molar-refractivity contribution in [3.05, 3.63) is 11.8 Å². The van der Waals surface area contributed by atoms with Crippen LogP contribution in [0.2, 0.25) is 0 Å². The predicted octanol–water partition coefficient (Wildman–Crippen LogP) is 2.67. The number of amides is 1. The van der Waals surface area contributed by atoms with Crippen LogP contribution in [0, 0.1) is 5.92 Å². The molecule has 0 bridgehead atoms. The minimum absolute atomic E-state index is 0.00882. The van der Waals surface area contributed by atoms with Gasteiger partial charge in [-0.2, -0.15) is 21.6 Å². The highest BCUT2D eigenvalue weighted by Gasteiger charge is 2.49. The Morgan fingerprint density at radius 2 is 1.95 bits per heavy atom. The van der Waals surface area contributed by atoms with Crippen molar-refractivity contribution in [2.24, 2.45) is 5.92 Å². The quantitative estimate of drug-likeness (QED) is 0.626. The first-order valence-electron chi connectivity index (χ1n) is 6.47. The average Bonchev–Trinajstić information content (AvgIpc) is 2.69. The summed E-state index contributed by atoms with van der Waals surface area (Å²) in [6.07, 6.45) is 0.915. The van der Waals surface area contributed by atoms with E-state index in [0.717, 1.165) is 0 Å². The van der Waals surface area contributed by atoms with Crippen molar-refractivity contribution < 1.29 is 35.3 Å².